The first-order valence-corrected chi connectivity index (χ1v) is 12.9. The fourth-order valence-electron chi connectivity index (χ4n) is 3.63. The van der Waals surface area contributed by atoms with Crippen molar-refractivity contribution < 1.29 is 22.3 Å². The van der Waals surface area contributed by atoms with E-state index in [0.717, 1.165) is 22.8 Å². The standard InChI is InChI=1S/C23H24FN3O4S2/c1-16-25-20(15-32-16)14-31-21-4-2-3-17(13-21)23(28)27-11-9-19(10-12-27)26-33(29,30)22-7-5-18(24)6-8-22/h2-8,13,15,19,26H,9-12,14H2,1H3. The van der Waals surface area contributed by atoms with Gasteiger partial charge in [-0.15, -0.1) is 11.3 Å². The maximum absolute atomic E-state index is 13.1. The number of piperidine rings is 1. The fourth-order valence-corrected chi connectivity index (χ4v) is 5.54. The minimum atomic E-state index is -3.74. The Kier molecular flexibility index (Phi) is 7.06. The van der Waals surface area contributed by atoms with E-state index in [4.69, 9.17) is 4.74 Å². The molecule has 4 rings (SSSR count). The summed E-state index contributed by atoms with van der Waals surface area (Å²) < 4.78 is 46.6. The van der Waals surface area contributed by atoms with E-state index in [9.17, 15) is 17.6 Å². The van der Waals surface area contributed by atoms with Gasteiger partial charge in [-0.2, -0.15) is 0 Å². The highest BCUT2D eigenvalue weighted by atomic mass is 32.2. The number of hydrogen-bond acceptors (Lipinski definition) is 6. The largest absolute Gasteiger partial charge is 0.487 e. The first-order valence-electron chi connectivity index (χ1n) is 10.5. The third-order valence-electron chi connectivity index (χ3n) is 5.36. The maximum Gasteiger partial charge on any atom is 0.253 e. The predicted molar refractivity (Wildman–Crippen MR) is 123 cm³/mol. The molecule has 0 radical (unpaired) electrons. The number of benzene rings is 2. The van der Waals surface area contributed by atoms with Crippen LogP contribution in [0.25, 0.3) is 0 Å². The fraction of sp³-hybridized carbons (Fsp3) is 0.304. The van der Waals surface area contributed by atoms with Crippen molar-refractivity contribution in [3.8, 4) is 5.75 Å². The van der Waals surface area contributed by atoms with Crippen LogP contribution in [-0.4, -0.2) is 43.3 Å². The molecule has 10 heteroatoms. The number of nitrogens with zero attached hydrogens (tertiary/aromatic N) is 2. The van der Waals surface area contributed by atoms with Gasteiger partial charge in [0.15, 0.2) is 0 Å². The molecule has 1 saturated heterocycles. The molecule has 0 atom stereocenters. The van der Waals surface area contributed by atoms with E-state index in [2.05, 4.69) is 9.71 Å². The Morgan fingerprint density at radius 1 is 1.21 bits per heavy atom. The highest BCUT2D eigenvalue weighted by Gasteiger charge is 2.27. The number of likely N-dealkylation sites (tertiary alicyclic amines) is 1. The second-order valence-corrected chi connectivity index (χ2v) is 10.6. The summed E-state index contributed by atoms with van der Waals surface area (Å²) in [5.74, 6) is -0.0216. The zero-order valence-electron chi connectivity index (χ0n) is 18.0. The molecule has 1 amide bonds. The van der Waals surface area contributed by atoms with Gasteiger partial charge < -0.3 is 9.64 Å². The number of aryl methyl sites for hydroxylation is 1. The molecule has 1 aliphatic heterocycles. The monoisotopic (exact) mass is 489 g/mol. The molecule has 7 nitrogen and oxygen atoms in total. The van der Waals surface area contributed by atoms with E-state index < -0.39 is 15.8 Å². The van der Waals surface area contributed by atoms with Gasteiger partial charge in [-0.1, -0.05) is 6.07 Å². The number of aromatic nitrogens is 1. The van der Waals surface area contributed by atoms with Gasteiger partial charge >= 0.3 is 0 Å². The molecule has 1 fully saturated rings. The molecule has 174 valence electrons. The zero-order valence-corrected chi connectivity index (χ0v) is 19.7. The number of amides is 1. The number of halogens is 1. The van der Waals surface area contributed by atoms with Crippen LogP contribution in [0.3, 0.4) is 0 Å². The molecule has 33 heavy (non-hydrogen) atoms. The van der Waals surface area contributed by atoms with Gasteiger partial charge in [0, 0.05) is 30.1 Å². The van der Waals surface area contributed by atoms with E-state index in [1.165, 1.54) is 12.1 Å². The normalized spacial score (nSPS) is 14.9. The molecule has 3 aromatic rings. The molecular formula is C23H24FN3O4S2. The first kappa shape index (κ1) is 23.3. The molecule has 2 heterocycles. The van der Waals surface area contributed by atoms with Crippen LogP contribution in [0.4, 0.5) is 4.39 Å². The molecule has 0 spiro atoms. The Morgan fingerprint density at radius 3 is 2.61 bits per heavy atom. The Labute approximate surface area is 196 Å². The maximum atomic E-state index is 13.1. The van der Waals surface area contributed by atoms with Crippen molar-refractivity contribution in [3.05, 3.63) is 76.0 Å². The van der Waals surface area contributed by atoms with E-state index in [-0.39, 0.29) is 16.8 Å². The van der Waals surface area contributed by atoms with Crippen molar-refractivity contribution in [2.75, 3.05) is 13.1 Å². The predicted octanol–water partition coefficient (Wildman–Crippen LogP) is 3.75. The number of nitrogens with one attached hydrogen (secondary N) is 1. The third kappa shape index (κ3) is 5.95. The van der Waals surface area contributed by atoms with Crippen LogP contribution in [0.1, 0.15) is 33.9 Å². The van der Waals surface area contributed by atoms with Gasteiger partial charge in [-0.3, -0.25) is 4.79 Å². The van der Waals surface area contributed by atoms with E-state index in [0.29, 0.717) is 43.9 Å². The van der Waals surface area contributed by atoms with Crippen molar-refractivity contribution in [2.45, 2.75) is 37.3 Å². The molecule has 1 aliphatic rings. The number of thiazole rings is 1. The summed E-state index contributed by atoms with van der Waals surface area (Å²) in [7, 11) is -3.74. The lowest BCUT2D eigenvalue weighted by atomic mass is 10.0. The van der Waals surface area contributed by atoms with Gasteiger partial charge in [-0.05, 0) is 62.2 Å². The summed E-state index contributed by atoms with van der Waals surface area (Å²) in [4.78, 5) is 19.1. The van der Waals surface area contributed by atoms with Gasteiger partial charge in [0.05, 0.1) is 15.6 Å². The number of rotatable bonds is 7. The second-order valence-electron chi connectivity index (χ2n) is 7.82. The van der Waals surface area contributed by atoms with Crippen molar-refractivity contribution in [3.63, 3.8) is 0 Å². The minimum absolute atomic E-state index is 0.0204. The quantitative estimate of drug-likeness (QED) is 0.546. The summed E-state index contributed by atoms with van der Waals surface area (Å²) in [6, 6.07) is 11.4. The van der Waals surface area contributed by atoms with Crippen LogP contribution < -0.4 is 9.46 Å². The molecule has 0 bridgehead atoms. The van der Waals surface area contributed by atoms with Crippen molar-refractivity contribution >= 4 is 27.3 Å². The lowest BCUT2D eigenvalue weighted by Gasteiger charge is -2.32. The van der Waals surface area contributed by atoms with Gasteiger partial charge in [0.25, 0.3) is 5.91 Å². The lowest BCUT2D eigenvalue weighted by Crippen LogP contribution is -2.46. The van der Waals surface area contributed by atoms with E-state index >= 15 is 0 Å². The summed E-state index contributed by atoms with van der Waals surface area (Å²) in [6.07, 6.45) is 0.983. The molecule has 0 saturated carbocycles. The molecule has 1 N–H and O–H groups in total. The second kappa shape index (κ2) is 9.98. The lowest BCUT2D eigenvalue weighted by molar-refractivity contribution is 0.0711. The number of hydrogen-bond donors (Lipinski definition) is 1. The topological polar surface area (TPSA) is 88.6 Å². The minimum Gasteiger partial charge on any atom is -0.487 e. The third-order valence-corrected chi connectivity index (χ3v) is 7.72. The number of carbonyl (C=O) groups excluding carboxylic acids is 1. The van der Waals surface area contributed by atoms with E-state index in [1.54, 1.807) is 40.5 Å². The van der Waals surface area contributed by atoms with Crippen LogP contribution >= 0.6 is 11.3 Å². The number of carbonyl (C=O) groups is 1. The number of ether oxygens (including phenoxy) is 1. The molecule has 1 aromatic heterocycles. The summed E-state index contributed by atoms with van der Waals surface area (Å²) in [6.45, 7) is 3.13. The van der Waals surface area contributed by atoms with Crippen LogP contribution in [0.5, 0.6) is 5.75 Å². The molecule has 2 aromatic carbocycles. The van der Waals surface area contributed by atoms with E-state index in [1.807, 2.05) is 12.3 Å². The highest BCUT2D eigenvalue weighted by Crippen LogP contribution is 2.20. The molecular weight excluding hydrogens is 465 g/mol. The SMILES string of the molecule is Cc1nc(COc2cccc(C(=O)N3CCC(NS(=O)(=O)c4ccc(F)cc4)CC3)c2)cs1. The summed E-state index contributed by atoms with van der Waals surface area (Å²) in [5.41, 5.74) is 1.37. The first-order chi connectivity index (χ1) is 15.8. The average molecular weight is 490 g/mol. The Bertz CT molecular complexity index is 1220. The van der Waals surface area contributed by atoms with Crippen molar-refractivity contribution in [2.24, 2.45) is 0 Å². The van der Waals surface area contributed by atoms with Gasteiger partial charge in [0.1, 0.15) is 18.2 Å². The van der Waals surface area contributed by atoms with Gasteiger partial charge in [0.2, 0.25) is 10.0 Å². The smallest absolute Gasteiger partial charge is 0.253 e. The van der Waals surface area contributed by atoms with Crippen LogP contribution in [0.2, 0.25) is 0 Å². The average Bonchev–Trinajstić information content (AvgIpc) is 3.23. The Morgan fingerprint density at radius 2 is 1.94 bits per heavy atom. The van der Waals surface area contributed by atoms with Crippen molar-refractivity contribution in [1.29, 1.82) is 0 Å². The van der Waals surface area contributed by atoms with Crippen LogP contribution in [0, 0.1) is 12.7 Å². The molecule has 0 aliphatic carbocycles. The summed E-state index contributed by atoms with van der Waals surface area (Å²) in [5, 5.41) is 2.92. The highest BCUT2D eigenvalue weighted by molar-refractivity contribution is 7.89. The Hall–Kier alpha value is -2.82. The van der Waals surface area contributed by atoms with Crippen LogP contribution in [-0.2, 0) is 16.6 Å². The molecule has 0 unspecified atom stereocenters. The van der Waals surface area contributed by atoms with Crippen molar-refractivity contribution in [1.82, 2.24) is 14.6 Å². The zero-order chi connectivity index (χ0) is 23.4. The Balaban J connectivity index is 1.32. The van der Waals surface area contributed by atoms with Gasteiger partial charge in [-0.25, -0.2) is 22.5 Å². The summed E-state index contributed by atoms with van der Waals surface area (Å²) >= 11 is 1.56. The number of sulfonamides is 1. The van der Waals surface area contributed by atoms with Crippen LogP contribution in [0.15, 0.2) is 58.8 Å².